The van der Waals surface area contributed by atoms with Gasteiger partial charge in [0.25, 0.3) is 27.8 Å². The molecule has 70 heavy (non-hydrogen) atoms. The van der Waals surface area contributed by atoms with Crippen LogP contribution in [0.2, 0.25) is 0 Å². The molecule has 0 fully saturated rings. The van der Waals surface area contributed by atoms with Gasteiger partial charge in [-0.25, -0.2) is 0 Å². The van der Waals surface area contributed by atoms with Crippen molar-refractivity contribution in [1.82, 2.24) is 14.8 Å². The number of nitrogens with zero attached hydrogens (tertiary/aromatic N) is 7. The Morgan fingerprint density at radius 2 is 1.16 bits per heavy atom. The van der Waals surface area contributed by atoms with E-state index in [1.165, 1.54) is 41.6 Å². The van der Waals surface area contributed by atoms with E-state index in [2.05, 4.69) is 49.2 Å². The molecule has 0 aliphatic rings. The van der Waals surface area contributed by atoms with Crippen LogP contribution in [0.5, 0.6) is 0 Å². The second kappa shape index (κ2) is 34.5. The van der Waals surface area contributed by atoms with Crippen molar-refractivity contribution in [2.24, 2.45) is 0 Å². The number of hydrogen-bond donors (Lipinski definition) is 6. The minimum Gasteiger partial charge on any atom is -0.398 e. The molecule has 0 saturated carbocycles. The number of aromatic amines is 1. The Morgan fingerprint density at radius 3 is 1.51 bits per heavy atom. The number of non-ortho nitro benzene ring substituents is 1. The third-order valence-electron chi connectivity index (χ3n) is 7.83. The number of rotatable bonds is 9. The van der Waals surface area contributed by atoms with Gasteiger partial charge in [0, 0.05) is 69.5 Å². The predicted molar refractivity (Wildman–Crippen MR) is 262 cm³/mol. The minimum atomic E-state index is -4.67. The molecule has 27 nitrogen and oxygen atoms in total. The largest absolute Gasteiger partial charge is 0.398 e. The number of methoxy groups -OCH3 is 2. The van der Waals surface area contributed by atoms with Gasteiger partial charge < -0.3 is 35.4 Å². The Hall–Kier alpha value is -7.73. The van der Waals surface area contributed by atoms with Crippen LogP contribution in [0.15, 0.2) is 85.2 Å². The van der Waals surface area contributed by atoms with Crippen LogP contribution >= 0.6 is 0 Å². The Morgan fingerprint density at radius 1 is 0.700 bits per heavy atom. The highest BCUT2D eigenvalue weighted by Crippen LogP contribution is 2.29. The average molecular weight is 1010 g/mol. The van der Waals surface area contributed by atoms with Gasteiger partial charge in [0.15, 0.2) is 0 Å². The van der Waals surface area contributed by atoms with Gasteiger partial charge in [-0.1, -0.05) is 35.4 Å². The Bertz CT molecular complexity index is 2500. The van der Waals surface area contributed by atoms with Gasteiger partial charge in [-0.15, -0.1) is 10.1 Å². The maximum Gasteiger partial charge on any atom is 0.394 e. The molecule has 5 aromatic rings. The molecule has 7 N–H and O–H groups in total. The maximum atomic E-state index is 10.9. The van der Waals surface area contributed by atoms with Crippen molar-refractivity contribution >= 4 is 55.8 Å². The smallest absolute Gasteiger partial charge is 0.394 e. The van der Waals surface area contributed by atoms with E-state index >= 15 is 0 Å². The highest BCUT2D eigenvalue weighted by molar-refractivity contribution is 7.79. The lowest BCUT2D eigenvalue weighted by Crippen LogP contribution is -2.30. The number of nitrogens with one attached hydrogen (secondary N) is 1. The molecule has 1 heterocycles. The number of fused-ring (bicyclic) bond motifs is 1. The number of anilines is 1. The Balaban J connectivity index is -0.000000775. The van der Waals surface area contributed by atoms with Gasteiger partial charge in [-0.05, 0) is 109 Å². The van der Waals surface area contributed by atoms with Crippen LogP contribution in [-0.2, 0) is 19.9 Å². The Labute approximate surface area is 403 Å². The third kappa shape index (κ3) is 31.3. The molecule has 388 valence electrons. The van der Waals surface area contributed by atoms with E-state index in [1.807, 2.05) is 44.2 Å². The van der Waals surface area contributed by atoms with Gasteiger partial charge in [0.05, 0.1) is 37.4 Å². The summed E-state index contributed by atoms with van der Waals surface area (Å²) < 4.78 is 41.3. The molecule has 4 aromatic carbocycles. The summed E-state index contributed by atoms with van der Waals surface area (Å²) in [7, 11) is 5.87. The van der Waals surface area contributed by atoms with Crippen LogP contribution in [0.3, 0.4) is 0 Å². The minimum absolute atomic E-state index is 0.213. The second-order valence-corrected chi connectivity index (χ2v) is 15.0. The lowest BCUT2D eigenvalue weighted by Gasteiger charge is -2.19. The number of nitro groups is 4. The lowest BCUT2D eigenvalue weighted by atomic mass is 10.1. The molecule has 0 aliphatic heterocycles. The monoisotopic (exact) mass is 1010 g/mol. The topological polar surface area (TPSA) is 398 Å². The number of aliphatic hydroxyl groups excluding tert-OH is 1. The molecule has 0 amide bonds. The molecule has 0 unspecified atom stereocenters. The first-order valence-corrected chi connectivity index (χ1v) is 21.1. The molecule has 0 bridgehead atoms. The summed E-state index contributed by atoms with van der Waals surface area (Å²) in [6, 6.07) is 20.5. The molecule has 0 saturated heterocycles. The van der Waals surface area contributed by atoms with Crippen LogP contribution in [-0.4, -0.2) is 123 Å². The van der Waals surface area contributed by atoms with Crippen LogP contribution in [0.1, 0.15) is 40.3 Å². The van der Waals surface area contributed by atoms with E-state index in [0.29, 0.717) is 16.7 Å². The van der Waals surface area contributed by atoms with Crippen LogP contribution < -0.4 is 5.73 Å². The van der Waals surface area contributed by atoms with Crippen molar-refractivity contribution in [1.29, 1.82) is 0 Å². The number of ether oxygens (including phenoxy) is 2. The number of nitrogen functional groups attached to an aromatic ring is 1. The van der Waals surface area contributed by atoms with Gasteiger partial charge in [0.1, 0.15) is 0 Å². The summed E-state index contributed by atoms with van der Waals surface area (Å²) in [6.45, 7) is 11.2. The highest BCUT2D eigenvalue weighted by Gasteiger charge is 2.21. The first kappa shape index (κ1) is 66.5. The summed E-state index contributed by atoms with van der Waals surface area (Å²) >= 11 is 0. The molecule has 28 heteroatoms. The fraction of sp³-hybridized carbons (Fsp3) is 0.333. The fourth-order valence-electron chi connectivity index (χ4n) is 4.89. The predicted octanol–water partition coefficient (Wildman–Crippen LogP) is 7.64. The van der Waals surface area contributed by atoms with Gasteiger partial charge in [-0.3, -0.25) is 54.5 Å². The molecular weight excluding hydrogens is 951 g/mol. The summed E-state index contributed by atoms with van der Waals surface area (Å²) in [5, 5.41) is 64.7. The van der Waals surface area contributed by atoms with Gasteiger partial charge in [0.2, 0.25) is 6.41 Å². The van der Waals surface area contributed by atoms with Crippen LogP contribution in [0.25, 0.3) is 17.0 Å². The third-order valence-corrected chi connectivity index (χ3v) is 7.83. The summed E-state index contributed by atoms with van der Waals surface area (Å²) in [4.78, 5) is 54.7. The van der Waals surface area contributed by atoms with Crippen molar-refractivity contribution in [3.8, 4) is 0 Å². The number of benzene rings is 4. The first-order valence-electron chi connectivity index (χ1n) is 19.7. The SMILES string of the molecule is CCO.COC(OC)N(C)C.Cc1cc(/C=C/N(C)C)c([N+](=O)[O-])cc1[N+](=O)[O-].Cc1cc2cc[nH]c2cc1N.Cc1ccc([N+](=O)[O-])cc1[N+](=O)[O-].Cc1cccc(C)c1.O=S(=O)(O)O.O=[N+]([O-])O. The zero-order valence-corrected chi connectivity index (χ0v) is 41.4. The zero-order chi connectivity index (χ0) is 55.1. The van der Waals surface area contributed by atoms with E-state index in [0.717, 1.165) is 28.9 Å². The van der Waals surface area contributed by atoms with Crippen molar-refractivity contribution in [3.05, 3.63) is 169 Å². The van der Waals surface area contributed by atoms with Crippen molar-refractivity contribution < 1.29 is 62.1 Å². The molecule has 0 spiro atoms. The molecule has 0 aliphatic carbocycles. The van der Waals surface area contributed by atoms with Crippen LogP contribution in [0.4, 0.5) is 28.4 Å². The van der Waals surface area contributed by atoms with E-state index in [9.17, 15) is 40.5 Å². The maximum absolute atomic E-state index is 10.9. The van der Waals surface area contributed by atoms with Gasteiger partial charge >= 0.3 is 10.4 Å². The lowest BCUT2D eigenvalue weighted by molar-refractivity contribution is -0.742. The summed E-state index contributed by atoms with van der Waals surface area (Å²) in [5.74, 6) is 0. The molecule has 1 aromatic heterocycles. The number of nitro benzene ring substituents is 4. The summed E-state index contributed by atoms with van der Waals surface area (Å²) in [6.07, 6.45) is 4.90. The second-order valence-electron chi connectivity index (χ2n) is 14.2. The van der Waals surface area contributed by atoms with Gasteiger partial charge in [-0.2, -0.15) is 8.42 Å². The van der Waals surface area contributed by atoms with Crippen molar-refractivity contribution in [2.75, 3.05) is 54.8 Å². The molecule has 5 rings (SSSR count). The first-order chi connectivity index (χ1) is 32.3. The molecule has 0 atom stereocenters. The standard InChI is InChI=1S/C11H13N3O4.C9H10N2.C8H10.C7H6N2O4.C5H13NO2.C2H6O.HNO3.H2O4S/c1-8-6-9(4-5-12(2)3)11(14(17)18)7-10(8)13(15)16;1-6-4-7-2-3-11-9(7)5-8(6)10;1-7-4-3-5-8(2)6-7;1-5-2-3-6(8(10)11)4-7(5)9(12)13;1-6(2)5(7-3)8-4;1-2-3;2-1(3)4;1-5(2,3)4/h4-7H,1-3H3;2-5,11H,10H2,1H3;3-6H,1-2H3;2-4H,1H3;5H,1-4H3;3H,2H2,1H3;(H,2,3,4);(H2,1,2,3,4)/b5-4+;;;;;;;. The number of aromatic nitrogens is 1. The zero-order valence-electron chi connectivity index (χ0n) is 40.6. The summed E-state index contributed by atoms with van der Waals surface area (Å²) in [5.41, 5.74) is 11.6. The van der Waals surface area contributed by atoms with Crippen molar-refractivity contribution in [2.45, 2.75) is 48.0 Å². The number of hydrogen-bond acceptors (Lipinski definition) is 18. The average Bonchev–Trinajstić information content (AvgIpc) is 3.67. The highest BCUT2D eigenvalue weighted by atomic mass is 32.3. The van der Waals surface area contributed by atoms with Crippen LogP contribution in [0, 0.1) is 85.2 Å². The number of aliphatic hydroxyl groups is 1. The molecule has 0 radical (unpaired) electrons. The number of nitrogens with two attached hydrogens (primary N) is 1. The van der Waals surface area contributed by atoms with E-state index in [1.54, 1.807) is 59.3 Å². The molecular formula is C42H61N9O18S. The quantitative estimate of drug-likeness (QED) is 0.0271. The number of H-pyrrole nitrogens is 1. The van der Waals surface area contributed by atoms with E-state index < -0.39 is 35.2 Å². The fourth-order valence-corrected chi connectivity index (χ4v) is 4.89. The van der Waals surface area contributed by atoms with E-state index in [-0.39, 0.29) is 35.8 Å². The number of aryl methyl sites for hydroxylation is 5. The van der Waals surface area contributed by atoms with Crippen molar-refractivity contribution in [3.63, 3.8) is 0 Å². The normalized spacial score (nSPS) is 9.96. The van der Waals surface area contributed by atoms with E-state index in [4.69, 9.17) is 53.2 Å². The Kier molecular flexibility index (Phi) is 32.8.